The maximum atomic E-state index is 5.37. The van der Waals surface area contributed by atoms with Gasteiger partial charge in [-0.05, 0) is 13.3 Å². The van der Waals surface area contributed by atoms with E-state index < -0.39 is 0 Å². The van der Waals surface area contributed by atoms with Crippen molar-refractivity contribution in [3.05, 3.63) is 18.2 Å². The third-order valence-corrected chi connectivity index (χ3v) is 3.53. The van der Waals surface area contributed by atoms with Gasteiger partial charge in [-0.3, -0.25) is 4.90 Å². The first kappa shape index (κ1) is 14.5. The summed E-state index contributed by atoms with van der Waals surface area (Å²) in [5.74, 6) is 0. The number of morpholine rings is 1. The average Bonchev–Trinajstić information content (AvgIpc) is 2.85. The minimum Gasteiger partial charge on any atom is -0.379 e. The minimum absolute atomic E-state index is 0.489. The maximum absolute atomic E-state index is 5.37. The SMILES string of the molecule is CCCn1cncc1CNC(C)CN1CCOCC1. The molecule has 2 rings (SSSR count). The summed E-state index contributed by atoms with van der Waals surface area (Å²) in [5.41, 5.74) is 1.27. The second kappa shape index (κ2) is 7.62. The lowest BCUT2D eigenvalue weighted by Gasteiger charge is -2.29. The quantitative estimate of drug-likeness (QED) is 0.802. The van der Waals surface area contributed by atoms with Crippen LogP contribution >= 0.6 is 0 Å². The normalized spacial score (nSPS) is 18.6. The Bertz CT molecular complexity index is 360. The molecule has 1 atom stereocenters. The molecular formula is C14H26N4O. The predicted molar refractivity (Wildman–Crippen MR) is 76.1 cm³/mol. The number of aromatic nitrogens is 2. The van der Waals surface area contributed by atoms with E-state index >= 15 is 0 Å². The van der Waals surface area contributed by atoms with E-state index in [4.69, 9.17) is 4.74 Å². The third kappa shape index (κ3) is 4.60. The summed E-state index contributed by atoms with van der Waals surface area (Å²) >= 11 is 0. The van der Waals surface area contributed by atoms with E-state index in [9.17, 15) is 0 Å². The predicted octanol–water partition coefficient (Wildman–Crippen LogP) is 1.10. The maximum Gasteiger partial charge on any atom is 0.0948 e. The van der Waals surface area contributed by atoms with Crippen LogP contribution in [0.4, 0.5) is 0 Å². The molecule has 0 saturated carbocycles. The van der Waals surface area contributed by atoms with Crippen molar-refractivity contribution >= 4 is 0 Å². The molecule has 1 aromatic rings. The Morgan fingerprint density at radius 3 is 2.95 bits per heavy atom. The molecule has 1 aliphatic rings. The Morgan fingerprint density at radius 2 is 2.21 bits per heavy atom. The molecule has 1 aliphatic heterocycles. The summed E-state index contributed by atoms with van der Waals surface area (Å²) in [7, 11) is 0. The van der Waals surface area contributed by atoms with Gasteiger partial charge in [0.25, 0.3) is 0 Å². The molecule has 5 heteroatoms. The Hall–Kier alpha value is -0.910. The number of imidazole rings is 1. The van der Waals surface area contributed by atoms with Gasteiger partial charge < -0.3 is 14.6 Å². The van der Waals surface area contributed by atoms with Crippen molar-refractivity contribution in [1.82, 2.24) is 19.8 Å². The molecule has 108 valence electrons. The van der Waals surface area contributed by atoms with Gasteiger partial charge in [0, 0.05) is 45.0 Å². The molecule has 0 amide bonds. The molecule has 1 unspecified atom stereocenters. The van der Waals surface area contributed by atoms with Crippen LogP contribution in [-0.2, 0) is 17.8 Å². The largest absolute Gasteiger partial charge is 0.379 e. The van der Waals surface area contributed by atoms with Gasteiger partial charge in [-0.2, -0.15) is 0 Å². The van der Waals surface area contributed by atoms with Gasteiger partial charge in [0.1, 0.15) is 0 Å². The molecule has 1 fully saturated rings. The Morgan fingerprint density at radius 1 is 1.42 bits per heavy atom. The van der Waals surface area contributed by atoms with E-state index in [0.29, 0.717) is 6.04 Å². The highest BCUT2D eigenvalue weighted by molar-refractivity contribution is 4.98. The number of hydrogen-bond donors (Lipinski definition) is 1. The van der Waals surface area contributed by atoms with Crippen molar-refractivity contribution in [3.63, 3.8) is 0 Å². The molecule has 1 saturated heterocycles. The third-order valence-electron chi connectivity index (χ3n) is 3.53. The van der Waals surface area contributed by atoms with Gasteiger partial charge in [-0.25, -0.2) is 4.98 Å². The topological polar surface area (TPSA) is 42.3 Å². The Kier molecular flexibility index (Phi) is 5.82. The fourth-order valence-corrected chi connectivity index (χ4v) is 2.45. The summed E-state index contributed by atoms with van der Waals surface area (Å²) in [5, 5.41) is 3.59. The fraction of sp³-hybridized carbons (Fsp3) is 0.786. The molecule has 5 nitrogen and oxygen atoms in total. The molecule has 2 heterocycles. The number of rotatable bonds is 7. The highest BCUT2D eigenvalue weighted by Gasteiger charge is 2.13. The second-order valence-corrected chi connectivity index (χ2v) is 5.27. The second-order valence-electron chi connectivity index (χ2n) is 5.27. The van der Waals surface area contributed by atoms with Crippen LogP contribution in [0.15, 0.2) is 12.5 Å². The van der Waals surface area contributed by atoms with Crippen molar-refractivity contribution < 1.29 is 4.74 Å². The number of aryl methyl sites for hydroxylation is 1. The Labute approximate surface area is 116 Å². The fourth-order valence-electron chi connectivity index (χ4n) is 2.45. The molecule has 0 aromatic carbocycles. The molecule has 1 aromatic heterocycles. The highest BCUT2D eigenvalue weighted by Crippen LogP contribution is 2.03. The summed E-state index contributed by atoms with van der Waals surface area (Å²) in [6, 6.07) is 0.489. The lowest BCUT2D eigenvalue weighted by atomic mass is 10.2. The first-order chi connectivity index (χ1) is 9.29. The van der Waals surface area contributed by atoms with Crippen molar-refractivity contribution in [2.75, 3.05) is 32.8 Å². The van der Waals surface area contributed by atoms with Crippen LogP contribution in [0.2, 0.25) is 0 Å². The summed E-state index contributed by atoms with van der Waals surface area (Å²) < 4.78 is 7.60. The number of hydrogen-bond acceptors (Lipinski definition) is 4. The van der Waals surface area contributed by atoms with E-state index in [1.54, 1.807) is 0 Å². The number of nitrogens with zero attached hydrogens (tertiary/aromatic N) is 3. The van der Waals surface area contributed by atoms with Crippen molar-refractivity contribution in [2.24, 2.45) is 0 Å². The van der Waals surface area contributed by atoms with Crippen molar-refractivity contribution in [1.29, 1.82) is 0 Å². The van der Waals surface area contributed by atoms with Crippen LogP contribution in [0.5, 0.6) is 0 Å². The standard InChI is InChI=1S/C14H26N4O/c1-3-4-18-12-15-9-14(18)10-16-13(2)11-17-5-7-19-8-6-17/h9,12-13,16H,3-8,10-11H2,1-2H3. The monoisotopic (exact) mass is 266 g/mol. The summed E-state index contributed by atoms with van der Waals surface area (Å²) in [4.78, 5) is 6.69. The van der Waals surface area contributed by atoms with Gasteiger partial charge in [-0.15, -0.1) is 0 Å². The first-order valence-electron chi connectivity index (χ1n) is 7.32. The zero-order valence-corrected chi connectivity index (χ0v) is 12.1. The van der Waals surface area contributed by atoms with Gasteiger partial charge in [0.05, 0.1) is 25.2 Å². The average molecular weight is 266 g/mol. The van der Waals surface area contributed by atoms with Gasteiger partial charge in [0.15, 0.2) is 0 Å². The first-order valence-corrected chi connectivity index (χ1v) is 7.32. The minimum atomic E-state index is 0.489. The molecule has 0 bridgehead atoms. The van der Waals surface area contributed by atoms with Gasteiger partial charge in [0.2, 0.25) is 0 Å². The van der Waals surface area contributed by atoms with Crippen LogP contribution in [0.3, 0.4) is 0 Å². The highest BCUT2D eigenvalue weighted by atomic mass is 16.5. The summed E-state index contributed by atoms with van der Waals surface area (Å²) in [6.45, 7) is 11.3. The lowest BCUT2D eigenvalue weighted by Crippen LogP contribution is -2.44. The zero-order valence-electron chi connectivity index (χ0n) is 12.1. The lowest BCUT2D eigenvalue weighted by molar-refractivity contribution is 0.0343. The van der Waals surface area contributed by atoms with Crippen LogP contribution < -0.4 is 5.32 Å². The summed E-state index contributed by atoms with van der Waals surface area (Å²) in [6.07, 6.45) is 5.03. The molecule has 1 N–H and O–H groups in total. The van der Waals surface area contributed by atoms with Crippen LogP contribution in [0.25, 0.3) is 0 Å². The number of ether oxygens (including phenoxy) is 1. The zero-order chi connectivity index (χ0) is 13.5. The van der Waals surface area contributed by atoms with E-state index in [1.807, 2.05) is 12.5 Å². The van der Waals surface area contributed by atoms with Crippen LogP contribution in [-0.4, -0.2) is 53.3 Å². The molecule has 0 spiro atoms. The Balaban J connectivity index is 1.72. The van der Waals surface area contributed by atoms with Gasteiger partial charge in [-0.1, -0.05) is 6.92 Å². The van der Waals surface area contributed by atoms with Crippen molar-refractivity contribution in [3.8, 4) is 0 Å². The van der Waals surface area contributed by atoms with Gasteiger partial charge >= 0.3 is 0 Å². The molecule has 0 aliphatic carbocycles. The number of nitrogens with one attached hydrogen (secondary N) is 1. The van der Waals surface area contributed by atoms with E-state index in [1.165, 1.54) is 5.69 Å². The molecule has 19 heavy (non-hydrogen) atoms. The molecule has 0 radical (unpaired) electrons. The van der Waals surface area contributed by atoms with Crippen LogP contribution in [0, 0.1) is 0 Å². The van der Waals surface area contributed by atoms with E-state index in [-0.39, 0.29) is 0 Å². The molecular weight excluding hydrogens is 240 g/mol. The smallest absolute Gasteiger partial charge is 0.0948 e. The van der Waals surface area contributed by atoms with E-state index in [2.05, 4.69) is 33.6 Å². The van der Waals surface area contributed by atoms with Crippen LogP contribution in [0.1, 0.15) is 26.0 Å². The van der Waals surface area contributed by atoms with E-state index in [0.717, 1.165) is 52.4 Å². The van der Waals surface area contributed by atoms with Crippen molar-refractivity contribution in [2.45, 2.75) is 39.4 Å².